The zero-order chi connectivity index (χ0) is 14.7. The highest BCUT2D eigenvalue weighted by molar-refractivity contribution is 5.95. The molecule has 1 atom stereocenters. The SMILES string of the molecule is Cc1cc([N+](=O)[O-])cc(C(=O)NC2CCCNC2)c1F. The van der Waals surface area contributed by atoms with E-state index in [-0.39, 0.29) is 22.9 Å². The third-order valence-corrected chi connectivity index (χ3v) is 3.33. The number of nitro groups is 1. The first-order valence-corrected chi connectivity index (χ1v) is 6.45. The monoisotopic (exact) mass is 281 g/mol. The molecular formula is C13H16FN3O3. The van der Waals surface area contributed by atoms with Crippen LogP contribution in [0.2, 0.25) is 0 Å². The Morgan fingerprint density at radius 3 is 2.90 bits per heavy atom. The van der Waals surface area contributed by atoms with Crippen molar-refractivity contribution in [1.29, 1.82) is 0 Å². The second kappa shape index (κ2) is 5.96. The van der Waals surface area contributed by atoms with Gasteiger partial charge in [-0.15, -0.1) is 0 Å². The summed E-state index contributed by atoms with van der Waals surface area (Å²) in [5.74, 6) is -1.32. The van der Waals surface area contributed by atoms with Gasteiger partial charge >= 0.3 is 0 Å². The number of amides is 1. The quantitative estimate of drug-likeness (QED) is 0.650. The minimum atomic E-state index is -0.711. The van der Waals surface area contributed by atoms with Crippen LogP contribution in [0.25, 0.3) is 0 Å². The van der Waals surface area contributed by atoms with E-state index in [0.29, 0.717) is 6.54 Å². The number of rotatable bonds is 3. The summed E-state index contributed by atoms with van der Waals surface area (Å²) in [6.45, 7) is 2.93. The van der Waals surface area contributed by atoms with Crippen LogP contribution in [0.5, 0.6) is 0 Å². The number of carbonyl (C=O) groups is 1. The van der Waals surface area contributed by atoms with Crippen molar-refractivity contribution in [2.45, 2.75) is 25.8 Å². The maximum absolute atomic E-state index is 14.0. The third-order valence-electron chi connectivity index (χ3n) is 3.33. The molecule has 1 amide bonds. The molecule has 1 fully saturated rings. The molecule has 0 bridgehead atoms. The van der Waals surface area contributed by atoms with Crippen molar-refractivity contribution in [1.82, 2.24) is 10.6 Å². The average molecular weight is 281 g/mol. The van der Waals surface area contributed by atoms with E-state index in [1.54, 1.807) is 0 Å². The molecule has 0 aliphatic carbocycles. The topological polar surface area (TPSA) is 84.3 Å². The van der Waals surface area contributed by atoms with Crippen molar-refractivity contribution < 1.29 is 14.1 Å². The Labute approximate surface area is 115 Å². The van der Waals surface area contributed by atoms with Gasteiger partial charge in [0.25, 0.3) is 11.6 Å². The van der Waals surface area contributed by atoms with E-state index in [9.17, 15) is 19.3 Å². The number of aryl methyl sites for hydroxylation is 1. The second-order valence-corrected chi connectivity index (χ2v) is 4.90. The summed E-state index contributed by atoms with van der Waals surface area (Å²) < 4.78 is 14.0. The zero-order valence-corrected chi connectivity index (χ0v) is 11.1. The summed E-state index contributed by atoms with van der Waals surface area (Å²) in [4.78, 5) is 22.2. The normalized spacial score (nSPS) is 18.6. The summed E-state index contributed by atoms with van der Waals surface area (Å²) in [5, 5.41) is 16.6. The van der Waals surface area contributed by atoms with Crippen LogP contribution in [-0.2, 0) is 0 Å². The zero-order valence-electron chi connectivity index (χ0n) is 11.1. The maximum Gasteiger partial charge on any atom is 0.270 e. The molecular weight excluding hydrogens is 265 g/mol. The molecule has 0 spiro atoms. The van der Waals surface area contributed by atoms with E-state index in [1.807, 2.05) is 0 Å². The first-order chi connectivity index (χ1) is 9.49. The lowest BCUT2D eigenvalue weighted by Crippen LogP contribution is -2.45. The Bertz CT molecular complexity index is 542. The van der Waals surface area contributed by atoms with Gasteiger partial charge in [0.2, 0.25) is 0 Å². The molecule has 1 saturated heterocycles. The Balaban J connectivity index is 2.21. The molecule has 20 heavy (non-hydrogen) atoms. The largest absolute Gasteiger partial charge is 0.348 e. The number of nitro benzene ring substituents is 1. The van der Waals surface area contributed by atoms with E-state index in [1.165, 1.54) is 6.92 Å². The number of piperidine rings is 1. The molecule has 7 heteroatoms. The number of non-ortho nitro benzene ring substituents is 1. The summed E-state index contributed by atoms with van der Waals surface area (Å²) in [6, 6.07) is 2.03. The van der Waals surface area contributed by atoms with E-state index in [2.05, 4.69) is 10.6 Å². The van der Waals surface area contributed by atoms with Crippen LogP contribution in [0.3, 0.4) is 0 Å². The van der Waals surface area contributed by atoms with E-state index >= 15 is 0 Å². The fourth-order valence-corrected chi connectivity index (χ4v) is 2.26. The molecule has 1 aliphatic heterocycles. The summed E-state index contributed by atoms with van der Waals surface area (Å²) in [6.07, 6.45) is 1.75. The highest BCUT2D eigenvalue weighted by Gasteiger charge is 2.22. The van der Waals surface area contributed by atoms with Crippen LogP contribution in [0.1, 0.15) is 28.8 Å². The minimum Gasteiger partial charge on any atom is -0.348 e. The van der Waals surface area contributed by atoms with Gasteiger partial charge in [0.15, 0.2) is 0 Å². The van der Waals surface area contributed by atoms with Crippen LogP contribution >= 0.6 is 0 Å². The number of hydrogen-bond donors (Lipinski definition) is 2. The molecule has 1 aliphatic rings. The molecule has 1 aromatic rings. The molecule has 1 aromatic carbocycles. The summed E-state index contributed by atoms with van der Waals surface area (Å²) in [7, 11) is 0. The predicted octanol–water partition coefficient (Wildman–Crippen LogP) is 1.52. The first kappa shape index (κ1) is 14.4. The maximum atomic E-state index is 14.0. The van der Waals surface area contributed by atoms with Crippen LogP contribution in [-0.4, -0.2) is 30.0 Å². The van der Waals surface area contributed by atoms with Gasteiger partial charge in [0.1, 0.15) is 5.82 Å². The van der Waals surface area contributed by atoms with Crippen molar-refractivity contribution in [3.05, 3.63) is 39.2 Å². The van der Waals surface area contributed by atoms with Crippen molar-refractivity contribution in [3.8, 4) is 0 Å². The Morgan fingerprint density at radius 1 is 1.55 bits per heavy atom. The van der Waals surface area contributed by atoms with Crippen LogP contribution in [0.4, 0.5) is 10.1 Å². The number of nitrogens with zero attached hydrogens (tertiary/aromatic N) is 1. The fourth-order valence-electron chi connectivity index (χ4n) is 2.26. The molecule has 0 aromatic heterocycles. The van der Waals surface area contributed by atoms with Crippen molar-refractivity contribution in [3.63, 3.8) is 0 Å². The summed E-state index contributed by atoms with van der Waals surface area (Å²) >= 11 is 0. The fraction of sp³-hybridized carbons (Fsp3) is 0.462. The van der Waals surface area contributed by atoms with E-state index < -0.39 is 16.6 Å². The number of halogens is 1. The second-order valence-electron chi connectivity index (χ2n) is 4.90. The highest BCUT2D eigenvalue weighted by Crippen LogP contribution is 2.21. The van der Waals surface area contributed by atoms with Gasteiger partial charge < -0.3 is 10.6 Å². The molecule has 0 saturated carbocycles. The Hall–Kier alpha value is -2.02. The van der Waals surface area contributed by atoms with Gasteiger partial charge in [-0.2, -0.15) is 0 Å². The highest BCUT2D eigenvalue weighted by atomic mass is 19.1. The molecule has 2 rings (SSSR count). The van der Waals surface area contributed by atoms with Gasteiger partial charge in [-0.1, -0.05) is 0 Å². The first-order valence-electron chi connectivity index (χ1n) is 6.45. The van der Waals surface area contributed by atoms with Crippen LogP contribution in [0, 0.1) is 22.9 Å². The summed E-state index contributed by atoms with van der Waals surface area (Å²) in [5.41, 5.74) is -0.468. The predicted molar refractivity (Wildman–Crippen MR) is 71.1 cm³/mol. The lowest BCUT2D eigenvalue weighted by Gasteiger charge is -2.23. The standard InChI is InChI=1S/C13H16FN3O3/c1-8-5-10(17(19)20)6-11(12(8)14)13(18)16-9-3-2-4-15-7-9/h5-6,9,15H,2-4,7H2,1H3,(H,16,18). The molecule has 2 N–H and O–H groups in total. The molecule has 1 heterocycles. The van der Waals surface area contributed by atoms with Crippen LogP contribution < -0.4 is 10.6 Å². The van der Waals surface area contributed by atoms with Crippen LogP contribution in [0.15, 0.2) is 12.1 Å². The molecule has 1 unspecified atom stereocenters. The van der Waals surface area contributed by atoms with Gasteiger partial charge in [0, 0.05) is 24.7 Å². The third kappa shape index (κ3) is 3.11. The lowest BCUT2D eigenvalue weighted by atomic mass is 10.1. The number of benzene rings is 1. The average Bonchev–Trinajstić information content (AvgIpc) is 2.42. The Kier molecular flexibility index (Phi) is 4.29. The molecule has 6 nitrogen and oxygen atoms in total. The number of carbonyl (C=O) groups excluding carboxylic acids is 1. The minimum absolute atomic E-state index is 0.0739. The molecule has 0 radical (unpaired) electrons. The molecule has 108 valence electrons. The van der Waals surface area contributed by atoms with E-state index in [0.717, 1.165) is 31.5 Å². The smallest absolute Gasteiger partial charge is 0.270 e. The van der Waals surface area contributed by atoms with Gasteiger partial charge in [-0.05, 0) is 31.9 Å². The number of hydrogen-bond acceptors (Lipinski definition) is 4. The Morgan fingerprint density at radius 2 is 2.30 bits per heavy atom. The lowest BCUT2D eigenvalue weighted by molar-refractivity contribution is -0.385. The van der Waals surface area contributed by atoms with Gasteiger partial charge in [-0.25, -0.2) is 4.39 Å². The van der Waals surface area contributed by atoms with Gasteiger partial charge in [-0.3, -0.25) is 14.9 Å². The van der Waals surface area contributed by atoms with Crippen molar-refractivity contribution in [2.75, 3.05) is 13.1 Å². The van der Waals surface area contributed by atoms with Crippen molar-refractivity contribution in [2.24, 2.45) is 0 Å². The number of nitrogens with one attached hydrogen (secondary N) is 2. The van der Waals surface area contributed by atoms with Crippen molar-refractivity contribution >= 4 is 11.6 Å². The van der Waals surface area contributed by atoms with E-state index in [4.69, 9.17) is 0 Å². The van der Waals surface area contributed by atoms with Gasteiger partial charge in [0.05, 0.1) is 10.5 Å².